The standard InChI is InChI=1S/C18H21NO3/c20-16(21)14-1-3-15(4-2-14)19-17(22)18-8-11-5-12(9-18)7-13(6-11)10-18/h1-4,11-13H,5-10H2,(H,19,22)(H,20,21). The summed E-state index contributed by atoms with van der Waals surface area (Å²) in [5.41, 5.74) is 0.777. The largest absolute Gasteiger partial charge is 0.478 e. The van der Waals surface area contributed by atoms with Crippen molar-refractivity contribution in [3.05, 3.63) is 29.8 Å². The van der Waals surface area contributed by atoms with Crippen LogP contribution in [-0.2, 0) is 4.79 Å². The van der Waals surface area contributed by atoms with E-state index in [9.17, 15) is 9.59 Å². The van der Waals surface area contributed by atoms with Crippen molar-refractivity contribution in [3.8, 4) is 0 Å². The van der Waals surface area contributed by atoms with Crippen LogP contribution in [0.3, 0.4) is 0 Å². The molecular formula is C18H21NO3. The average Bonchev–Trinajstić information content (AvgIpc) is 2.46. The zero-order valence-corrected chi connectivity index (χ0v) is 12.5. The predicted octanol–water partition coefficient (Wildman–Crippen LogP) is 3.54. The SMILES string of the molecule is O=C(O)c1ccc(NC(=O)C23CC4CC(CC(C4)C2)C3)cc1. The Morgan fingerprint density at radius 3 is 1.91 bits per heavy atom. The van der Waals surface area contributed by atoms with E-state index in [1.165, 1.54) is 31.4 Å². The Bertz CT molecular complexity index is 584. The molecule has 4 nitrogen and oxygen atoms in total. The molecule has 4 heteroatoms. The first-order valence-corrected chi connectivity index (χ1v) is 8.19. The van der Waals surface area contributed by atoms with Crippen LogP contribution in [0.25, 0.3) is 0 Å². The first-order chi connectivity index (χ1) is 10.5. The molecule has 0 heterocycles. The Labute approximate surface area is 129 Å². The maximum absolute atomic E-state index is 12.9. The van der Waals surface area contributed by atoms with Crippen molar-refractivity contribution < 1.29 is 14.7 Å². The molecule has 4 fully saturated rings. The molecule has 0 saturated heterocycles. The number of rotatable bonds is 3. The van der Waals surface area contributed by atoms with Crippen LogP contribution in [0, 0.1) is 23.2 Å². The van der Waals surface area contributed by atoms with Gasteiger partial charge in [-0.3, -0.25) is 4.79 Å². The van der Waals surface area contributed by atoms with Gasteiger partial charge in [0.2, 0.25) is 5.91 Å². The van der Waals surface area contributed by atoms with E-state index in [0.29, 0.717) is 5.69 Å². The predicted molar refractivity (Wildman–Crippen MR) is 82.6 cm³/mol. The number of carboxylic acid groups (broad SMARTS) is 1. The number of hydrogen-bond acceptors (Lipinski definition) is 2. The van der Waals surface area contributed by atoms with Crippen LogP contribution in [0.1, 0.15) is 48.9 Å². The number of nitrogens with one attached hydrogen (secondary N) is 1. The van der Waals surface area contributed by atoms with E-state index in [4.69, 9.17) is 5.11 Å². The third kappa shape index (κ3) is 2.21. The Morgan fingerprint density at radius 2 is 1.45 bits per heavy atom. The molecule has 1 amide bonds. The molecule has 4 saturated carbocycles. The summed E-state index contributed by atoms with van der Waals surface area (Å²) in [5.74, 6) is 1.43. The highest BCUT2D eigenvalue weighted by Crippen LogP contribution is 2.60. The summed E-state index contributed by atoms with van der Waals surface area (Å²) >= 11 is 0. The molecule has 4 aliphatic carbocycles. The molecule has 116 valence electrons. The minimum absolute atomic E-state index is 0.148. The highest BCUT2D eigenvalue weighted by molar-refractivity contribution is 5.96. The molecule has 4 bridgehead atoms. The lowest BCUT2D eigenvalue weighted by atomic mass is 9.49. The first-order valence-electron chi connectivity index (χ1n) is 8.19. The molecule has 0 spiro atoms. The normalized spacial score (nSPS) is 35.4. The van der Waals surface area contributed by atoms with Crippen LogP contribution in [0.4, 0.5) is 5.69 Å². The quantitative estimate of drug-likeness (QED) is 0.897. The fourth-order valence-electron chi connectivity index (χ4n) is 5.35. The van der Waals surface area contributed by atoms with Crippen LogP contribution in [-0.4, -0.2) is 17.0 Å². The maximum atomic E-state index is 12.9. The monoisotopic (exact) mass is 299 g/mol. The van der Waals surface area contributed by atoms with Gasteiger partial charge in [-0.05, 0) is 80.5 Å². The number of carbonyl (C=O) groups excluding carboxylic acids is 1. The zero-order chi connectivity index (χ0) is 15.3. The van der Waals surface area contributed by atoms with E-state index in [1.807, 2.05) is 0 Å². The third-order valence-corrected chi connectivity index (χ3v) is 5.91. The smallest absolute Gasteiger partial charge is 0.335 e. The third-order valence-electron chi connectivity index (χ3n) is 5.91. The second-order valence-corrected chi connectivity index (χ2v) is 7.53. The van der Waals surface area contributed by atoms with Crippen molar-refractivity contribution >= 4 is 17.6 Å². The molecule has 4 aliphatic rings. The van der Waals surface area contributed by atoms with Gasteiger partial charge in [0.05, 0.1) is 11.0 Å². The lowest BCUT2D eigenvalue weighted by molar-refractivity contribution is -0.140. The second kappa shape index (κ2) is 4.83. The Kier molecular flexibility index (Phi) is 3.03. The maximum Gasteiger partial charge on any atom is 0.335 e. The summed E-state index contributed by atoms with van der Waals surface area (Å²) in [6.07, 6.45) is 7.08. The Hall–Kier alpha value is -1.84. The summed E-state index contributed by atoms with van der Waals surface area (Å²) in [6, 6.07) is 6.44. The molecule has 1 aromatic carbocycles. The van der Waals surface area contributed by atoms with Crippen molar-refractivity contribution in [2.75, 3.05) is 5.32 Å². The number of hydrogen-bond donors (Lipinski definition) is 2. The summed E-state index contributed by atoms with van der Waals surface area (Å²) in [7, 11) is 0. The van der Waals surface area contributed by atoms with Gasteiger partial charge in [-0.15, -0.1) is 0 Å². The number of anilines is 1. The van der Waals surface area contributed by atoms with Crippen molar-refractivity contribution in [2.24, 2.45) is 23.2 Å². The molecule has 0 aliphatic heterocycles. The number of carboxylic acids is 1. The minimum Gasteiger partial charge on any atom is -0.478 e. The highest BCUT2D eigenvalue weighted by Gasteiger charge is 2.54. The van der Waals surface area contributed by atoms with Crippen LogP contribution in [0.5, 0.6) is 0 Å². The van der Waals surface area contributed by atoms with E-state index in [1.54, 1.807) is 12.1 Å². The molecule has 0 unspecified atom stereocenters. The van der Waals surface area contributed by atoms with Gasteiger partial charge in [-0.2, -0.15) is 0 Å². The van der Waals surface area contributed by atoms with Crippen molar-refractivity contribution in [2.45, 2.75) is 38.5 Å². The number of carbonyl (C=O) groups is 2. The zero-order valence-electron chi connectivity index (χ0n) is 12.5. The first kappa shape index (κ1) is 13.8. The van der Waals surface area contributed by atoms with Crippen LogP contribution >= 0.6 is 0 Å². The van der Waals surface area contributed by atoms with Crippen LogP contribution < -0.4 is 5.32 Å². The average molecular weight is 299 g/mol. The van der Waals surface area contributed by atoms with Crippen LogP contribution in [0.15, 0.2) is 24.3 Å². The molecule has 0 atom stereocenters. The van der Waals surface area contributed by atoms with Crippen LogP contribution in [0.2, 0.25) is 0 Å². The van der Waals surface area contributed by atoms with E-state index in [-0.39, 0.29) is 16.9 Å². The number of aromatic carboxylic acids is 1. The van der Waals surface area contributed by atoms with Gasteiger partial charge in [0.1, 0.15) is 0 Å². The number of benzene rings is 1. The molecule has 5 rings (SSSR count). The van der Waals surface area contributed by atoms with Gasteiger partial charge in [-0.25, -0.2) is 4.79 Å². The summed E-state index contributed by atoms with van der Waals surface area (Å²) in [6.45, 7) is 0. The van der Waals surface area contributed by atoms with Gasteiger partial charge < -0.3 is 10.4 Å². The van der Waals surface area contributed by atoms with Gasteiger partial charge in [0.15, 0.2) is 0 Å². The molecule has 1 aromatic rings. The van der Waals surface area contributed by atoms with Gasteiger partial charge >= 0.3 is 5.97 Å². The number of amides is 1. The highest BCUT2D eigenvalue weighted by atomic mass is 16.4. The topological polar surface area (TPSA) is 66.4 Å². The van der Waals surface area contributed by atoms with E-state index < -0.39 is 5.97 Å². The van der Waals surface area contributed by atoms with Crippen molar-refractivity contribution in [3.63, 3.8) is 0 Å². The lowest BCUT2D eigenvalue weighted by Gasteiger charge is -2.55. The van der Waals surface area contributed by atoms with E-state index >= 15 is 0 Å². The molecule has 0 aromatic heterocycles. The summed E-state index contributed by atoms with van der Waals surface area (Å²) in [5, 5.41) is 12.0. The van der Waals surface area contributed by atoms with Gasteiger partial charge in [0, 0.05) is 5.69 Å². The van der Waals surface area contributed by atoms with E-state index in [0.717, 1.165) is 37.0 Å². The van der Waals surface area contributed by atoms with E-state index in [2.05, 4.69) is 5.32 Å². The fourth-order valence-corrected chi connectivity index (χ4v) is 5.35. The summed E-state index contributed by atoms with van der Waals surface area (Å²) in [4.78, 5) is 23.7. The van der Waals surface area contributed by atoms with Gasteiger partial charge in [-0.1, -0.05) is 0 Å². The van der Waals surface area contributed by atoms with Crippen molar-refractivity contribution in [1.82, 2.24) is 0 Å². The lowest BCUT2D eigenvalue weighted by Crippen LogP contribution is -2.51. The minimum atomic E-state index is -0.945. The fraction of sp³-hybridized carbons (Fsp3) is 0.556. The Morgan fingerprint density at radius 1 is 0.955 bits per heavy atom. The second-order valence-electron chi connectivity index (χ2n) is 7.53. The summed E-state index contributed by atoms with van der Waals surface area (Å²) < 4.78 is 0. The molecule has 22 heavy (non-hydrogen) atoms. The van der Waals surface area contributed by atoms with Gasteiger partial charge in [0.25, 0.3) is 0 Å². The Balaban J connectivity index is 1.51. The molecule has 0 radical (unpaired) electrons. The molecule has 2 N–H and O–H groups in total. The van der Waals surface area contributed by atoms with Crippen molar-refractivity contribution in [1.29, 1.82) is 0 Å². The molecular weight excluding hydrogens is 278 g/mol.